The van der Waals surface area contributed by atoms with E-state index >= 15 is 0 Å². The van der Waals surface area contributed by atoms with Crippen LogP contribution in [-0.2, 0) is 14.1 Å². The Bertz CT molecular complexity index is 1150. The highest BCUT2D eigenvalue weighted by Crippen LogP contribution is 2.39. The molecule has 3 aromatic heterocycles. The van der Waals surface area contributed by atoms with Crippen molar-refractivity contribution in [1.82, 2.24) is 9.13 Å². The number of thiophene rings is 1. The number of aromatic nitrogens is 2. The highest BCUT2D eigenvalue weighted by Gasteiger charge is 2.19. The number of anilines is 1. The Kier molecular flexibility index (Phi) is 3.96. The molecule has 1 atom stereocenters. The van der Waals surface area contributed by atoms with Gasteiger partial charge in [0.05, 0.1) is 5.39 Å². The van der Waals surface area contributed by atoms with Gasteiger partial charge in [-0.05, 0) is 23.3 Å². The monoisotopic (exact) mass is 363 g/mol. The van der Waals surface area contributed by atoms with E-state index in [0.29, 0.717) is 5.82 Å². The van der Waals surface area contributed by atoms with Gasteiger partial charge in [-0.3, -0.25) is 4.79 Å². The van der Waals surface area contributed by atoms with Crippen LogP contribution < -0.4 is 11.3 Å². The van der Waals surface area contributed by atoms with E-state index in [1.54, 1.807) is 15.9 Å². The van der Waals surface area contributed by atoms with E-state index in [1.165, 1.54) is 11.1 Å². The summed E-state index contributed by atoms with van der Waals surface area (Å²) in [6.07, 6.45) is 3.91. The van der Waals surface area contributed by atoms with Gasteiger partial charge in [0.2, 0.25) is 0 Å². The molecule has 4 nitrogen and oxygen atoms in total. The number of pyridine rings is 1. The van der Waals surface area contributed by atoms with Crippen molar-refractivity contribution in [3.63, 3.8) is 0 Å². The van der Waals surface area contributed by atoms with E-state index < -0.39 is 0 Å². The van der Waals surface area contributed by atoms with Gasteiger partial charge in [0.25, 0.3) is 5.56 Å². The Morgan fingerprint density at radius 2 is 1.81 bits per heavy atom. The van der Waals surface area contributed by atoms with Gasteiger partial charge in [-0.15, -0.1) is 11.3 Å². The van der Waals surface area contributed by atoms with Gasteiger partial charge >= 0.3 is 0 Å². The van der Waals surface area contributed by atoms with Crippen molar-refractivity contribution in [3.05, 3.63) is 76.3 Å². The average molecular weight is 363 g/mol. The van der Waals surface area contributed by atoms with Crippen LogP contribution in [0, 0.1) is 0 Å². The normalized spacial score (nSPS) is 12.6. The number of nitrogens with zero attached hydrogens (tertiary/aromatic N) is 2. The molecule has 5 heteroatoms. The fourth-order valence-electron chi connectivity index (χ4n) is 3.39. The largest absolute Gasteiger partial charge is 0.385 e. The van der Waals surface area contributed by atoms with Gasteiger partial charge in [-0.1, -0.05) is 37.3 Å². The zero-order valence-electron chi connectivity index (χ0n) is 15.1. The molecule has 0 bridgehead atoms. The van der Waals surface area contributed by atoms with E-state index in [2.05, 4.69) is 31.2 Å². The summed E-state index contributed by atoms with van der Waals surface area (Å²) in [5.41, 5.74) is 9.61. The first-order valence-corrected chi connectivity index (χ1v) is 9.38. The van der Waals surface area contributed by atoms with Crippen LogP contribution in [0.4, 0.5) is 5.82 Å². The summed E-state index contributed by atoms with van der Waals surface area (Å²) in [6, 6.07) is 14.4. The van der Waals surface area contributed by atoms with Crippen LogP contribution in [0.2, 0.25) is 0 Å². The first-order valence-electron chi connectivity index (χ1n) is 8.56. The predicted molar refractivity (Wildman–Crippen MR) is 110 cm³/mol. The molecule has 0 amide bonds. The Hall–Kier alpha value is -2.79. The summed E-state index contributed by atoms with van der Waals surface area (Å²) in [6.45, 7) is 2.19. The van der Waals surface area contributed by atoms with Crippen LogP contribution in [0.15, 0.2) is 59.7 Å². The molecular formula is C21H21N3OS. The lowest BCUT2D eigenvalue weighted by Gasteiger charge is -2.14. The third kappa shape index (κ3) is 2.56. The molecule has 2 N–H and O–H groups in total. The van der Waals surface area contributed by atoms with E-state index in [1.807, 2.05) is 49.3 Å². The highest BCUT2D eigenvalue weighted by atomic mass is 32.1. The fraction of sp³-hybridized carbons (Fsp3) is 0.190. The smallest absolute Gasteiger partial charge is 0.259 e. The van der Waals surface area contributed by atoms with Crippen LogP contribution in [-0.4, -0.2) is 9.13 Å². The van der Waals surface area contributed by atoms with E-state index in [4.69, 9.17) is 5.73 Å². The zero-order chi connectivity index (χ0) is 18.4. The van der Waals surface area contributed by atoms with Gasteiger partial charge in [0, 0.05) is 47.5 Å². The molecule has 0 aliphatic heterocycles. The molecule has 0 radical (unpaired) electrons. The minimum Gasteiger partial charge on any atom is -0.385 e. The molecule has 4 aromatic rings. The van der Waals surface area contributed by atoms with Crippen molar-refractivity contribution in [1.29, 1.82) is 0 Å². The first kappa shape index (κ1) is 16.7. The number of nitrogens with two attached hydrogens (primary N) is 1. The Balaban J connectivity index is 1.96. The molecule has 0 aliphatic carbocycles. The average Bonchev–Trinajstić information content (AvgIpc) is 3.23. The predicted octanol–water partition coefficient (Wildman–Crippen LogP) is 4.34. The molecule has 1 aromatic carbocycles. The molecule has 3 heterocycles. The van der Waals surface area contributed by atoms with Gasteiger partial charge in [-0.2, -0.15) is 0 Å². The third-order valence-electron chi connectivity index (χ3n) is 5.03. The Labute approximate surface area is 156 Å². The highest BCUT2D eigenvalue weighted by molar-refractivity contribution is 7.22. The quantitative estimate of drug-likeness (QED) is 0.589. The summed E-state index contributed by atoms with van der Waals surface area (Å²) in [5, 5.41) is 0.760. The number of fused-ring (bicyclic) bond motifs is 1. The summed E-state index contributed by atoms with van der Waals surface area (Å²) < 4.78 is 4.62. The molecule has 0 fully saturated rings. The van der Waals surface area contributed by atoms with Crippen molar-refractivity contribution in [2.24, 2.45) is 14.1 Å². The summed E-state index contributed by atoms with van der Waals surface area (Å²) in [5.74, 6) is 0.913. The van der Waals surface area contributed by atoms with Gasteiger partial charge in [-0.25, -0.2) is 0 Å². The molecule has 0 spiro atoms. The second-order valence-electron chi connectivity index (χ2n) is 6.71. The molecule has 4 rings (SSSR count). The van der Waals surface area contributed by atoms with Crippen molar-refractivity contribution in [3.8, 4) is 10.4 Å². The minimum atomic E-state index is 0.0287. The van der Waals surface area contributed by atoms with E-state index in [9.17, 15) is 4.79 Å². The standard InChI is InChI=1S/C21H21N3OS/c1-13(14-7-5-4-6-8-14)17-12-24(3)21(25)16-11-18(26-19(16)17)15-9-10-23(2)20(15)22/h4-13H,22H2,1-3H3. The summed E-state index contributed by atoms with van der Waals surface area (Å²) in [4.78, 5) is 13.7. The number of aryl methyl sites for hydroxylation is 2. The lowest BCUT2D eigenvalue weighted by molar-refractivity contribution is 0.832. The van der Waals surface area contributed by atoms with Crippen LogP contribution in [0.1, 0.15) is 24.0 Å². The lowest BCUT2D eigenvalue weighted by Crippen LogP contribution is -2.17. The maximum atomic E-state index is 12.7. The van der Waals surface area contributed by atoms with Crippen LogP contribution >= 0.6 is 11.3 Å². The number of hydrogen-bond donors (Lipinski definition) is 1. The van der Waals surface area contributed by atoms with Crippen molar-refractivity contribution < 1.29 is 0 Å². The summed E-state index contributed by atoms with van der Waals surface area (Å²) in [7, 11) is 3.74. The molecule has 0 saturated carbocycles. The third-order valence-corrected chi connectivity index (χ3v) is 6.25. The minimum absolute atomic E-state index is 0.0287. The van der Waals surface area contributed by atoms with Gasteiger partial charge in [0.1, 0.15) is 5.82 Å². The maximum Gasteiger partial charge on any atom is 0.259 e. The second kappa shape index (κ2) is 6.18. The van der Waals surface area contributed by atoms with Crippen molar-refractivity contribution in [2.75, 3.05) is 5.73 Å². The number of benzene rings is 1. The van der Waals surface area contributed by atoms with Gasteiger partial charge < -0.3 is 14.9 Å². The molecule has 0 aliphatic rings. The molecular weight excluding hydrogens is 342 g/mol. The number of nitrogen functional groups attached to an aromatic ring is 1. The molecule has 1 unspecified atom stereocenters. The van der Waals surface area contributed by atoms with Crippen LogP contribution in [0.3, 0.4) is 0 Å². The fourth-order valence-corrected chi connectivity index (χ4v) is 4.68. The summed E-state index contributed by atoms with van der Waals surface area (Å²) >= 11 is 1.64. The Morgan fingerprint density at radius 3 is 2.46 bits per heavy atom. The topological polar surface area (TPSA) is 53.0 Å². The van der Waals surface area contributed by atoms with E-state index in [-0.39, 0.29) is 11.5 Å². The van der Waals surface area contributed by atoms with Crippen molar-refractivity contribution in [2.45, 2.75) is 12.8 Å². The Morgan fingerprint density at radius 1 is 1.08 bits per heavy atom. The van der Waals surface area contributed by atoms with Crippen LogP contribution in [0.25, 0.3) is 20.5 Å². The van der Waals surface area contributed by atoms with Crippen LogP contribution in [0.5, 0.6) is 0 Å². The second-order valence-corrected chi connectivity index (χ2v) is 7.76. The number of rotatable bonds is 3. The lowest BCUT2D eigenvalue weighted by atomic mass is 9.94. The first-order chi connectivity index (χ1) is 12.5. The zero-order valence-corrected chi connectivity index (χ0v) is 15.9. The van der Waals surface area contributed by atoms with E-state index in [0.717, 1.165) is 20.5 Å². The molecule has 0 saturated heterocycles. The maximum absolute atomic E-state index is 12.7. The number of hydrogen-bond acceptors (Lipinski definition) is 3. The van der Waals surface area contributed by atoms with Gasteiger partial charge in [0.15, 0.2) is 0 Å². The van der Waals surface area contributed by atoms with Crippen molar-refractivity contribution >= 4 is 27.2 Å². The molecule has 132 valence electrons. The molecule has 26 heavy (non-hydrogen) atoms. The SMILES string of the molecule is CC(c1ccccc1)c1cn(C)c(=O)c2cc(-c3ccn(C)c3N)sc12.